The van der Waals surface area contributed by atoms with Crippen molar-refractivity contribution in [3.05, 3.63) is 47.9 Å². The van der Waals surface area contributed by atoms with E-state index in [9.17, 15) is 4.79 Å². The van der Waals surface area contributed by atoms with Gasteiger partial charge in [-0.1, -0.05) is 6.07 Å². The van der Waals surface area contributed by atoms with E-state index in [-0.39, 0.29) is 12.7 Å². The Bertz CT molecular complexity index is 665. The summed E-state index contributed by atoms with van der Waals surface area (Å²) >= 11 is 0. The molecule has 2 aliphatic heterocycles. The fourth-order valence-electron chi connectivity index (χ4n) is 2.95. The molecule has 1 saturated heterocycles. The van der Waals surface area contributed by atoms with E-state index in [0.717, 1.165) is 31.0 Å². The van der Waals surface area contributed by atoms with E-state index in [1.165, 1.54) is 18.1 Å². The van der Waals surface area contributed by atoms with Gasteiger partial charge in [-0.05, 0) is 30.2 Å². The molecule has 1 atom stereocenters. The molecule has 1 fully saturated rings. The summed E-state index contributed by atoms with van der Waals surface area (Å²) in [5.41, 5.74) is 1.81. The van der Waals surface area contributed by atoms with Gasteiger partial charge < -0.3 is 18.8 Å². The van der Waals surface area contributed by atoms with E-state index in [0.29, 0.717) is 11.5 Å². The highest BCUT2D eigenvalue weighted by atomic mass is 16.7. The normalized spacial score (nSPS) is 20.0. The largest absolute Gasteiger partial charge is 0.472 e. The van der Waals surface area contributed by atoms with Crippen molar-refractivity contribution >= 4 is 5.91 Å². The van der Waals surface area contributed by atoms with Crippen LogP contribution in [0.4, 0.5) is 0 Å². The average molecular weight is 285 g/mol. The molecule has 21 heavy (non-hydrogen) atoms. The van der Waals surface area contributed by atoms with Crippen molar-refractivity contribution in [1.82, 2.24) is 4.90 Å². The van der Waals surface area contributed by atoms with Gasteiger partial charge in [0.15, 0.2) is 11.5 Å². The molecule has 4 rings (SSSR count). The Hall–Kier alpha value is -2.43. The molecule has 0 spiro atoms. The number of furan rings is 1. The highest BCUT2D eigenvalue weighted by Crippen LogP contribution is 2.37. The quantitative estimate of drug-likeness (QED) is 0.851. The monoisotopic (exact) mass is 285 g/mol. The molecule has 0 unspecified atom stereocenters. The zero-order valence-electron chi connectivity index (χ0n) is 11.5. The number of amides is 1. The molecule has 0 bridgehead atoms. The summed E-state index contributed by atoms with van der Waals surface area (Å²) in [7, 11) is 0. The van der Waals surface area contributed by atoms with Gasteiger partial charge in [0.1, 0.15) is 6.26 Å². The molecule has 3 heterocycles. The van der Waals surface area contributed by atoms with E-state index >= 15 is 0 Å². The van der Waals surface area contributed by atoms with Crippen molar-refractivity contribution < 1.29 is 18.7 Å². The van der Waals surface area contributed by atoms with Gasteiger partial charge in [0.25, 0.3) is 5.91 Å². The minimum absolute atomic E-state index is 0.0343. The van der Waals surface area contributed by atoms with E-state index < -0.39 is 0 Å². The van der Waals surface area contributed by atoms with Crippen LogP contribution >= 0.6 is 0 Å². The molecule has 1 aromatic carbocycles. The first-order valence-corrected chi connectivity index (χ1v) is 7.02. The maximum atomic E-state index is 12.3. The van der Waals surface area contributed by atoms with Gasteiger partial charge in [-0.15, -0.1) is 0 Å². The van der Waals surface area contributed by atoms with Gasteiger partial charge in [-0.2, -0.15) is 0 Å². The molecule has 2 aromatic rings. The lowest BCUT2D eigenvalue weighted by Gasteiger charge is -2.16. The smallest absolute Gasteiger partial charge is 0.257 e. The Balaban J connectivity index is 1.50. The molecule has 1 aromatic heterocycles. The first-order valence-electron chi connectivity index (χ1n) is 7.02. The highest BCUT2D eigenvalue weighted by Gasteiger charge is 2.29. The topological polar surface area (TPSA) is 51.9 Å². The summed E-state index contributed by atoms with van der Waals surface area (Å²) in [4.78, 5) is 14.2. The molecule has 0 saturated carbocycles. The second-order valence-corrected chi connectivity index (χ2v) is 5.36. The summed E-state index contributed by atoms with van der Waals surface area (Å²) in [6.07, 6.45) is 3.98. The van der Waals surface area contributed by atoms with Crippen LogP contribution in [0.25, 0.3) is 0 Å². The third kappa shape index (κ3) is 2.14. The van der Waals surface area contributed by atoms with Crippen molar-refractivity contribution in [3.8, 4) is 11.5 Å². The Morgan fingerprint density at radius 1 is 1.19 bits per heavy atom. The van der Waals surface area contributed by atoms with Gasteiger partial charge in [-0.3, -0.25) is 4.79 Å². The Kier molecular flexibility index (Phi) is 2.84. The molecular formula is C16H15NO4. The van der Waals surface area contributed by atoms with Crippen LogP contribution in [-0.2, 0) is 0 Å². The van der Waals surface area contributed by atoms with Crippen molar-refractivity contribution in [3.63, 3.8) is 0 Å². The van der Waals surface area contributed by atoms with E-state index in [1.54, 1.807) is 6.07 Å². The predicted molar refractivity (Wildman–Crippen MR) is 74.5 cm³/mol. The average Bonchev–Trinajstić information content (AvgIpc) is 3.25. The number of hydrogen-bond acceptors (Lipinski definition) is 4. The second kappa shape index (κ2) is 4.84. The molecule has 108 valence electrons. The molecule has 0 radical (unpaired) electrons. The number of carbonyl (C=O) groups is 1. The maximum Gasteiger partial charge on any atom is 0.257 e. The lowest BCUT2D eigenvalue weighted by Crippen LogP contribution is -2.28. The van der Waals surface area contributed by atoms with Crippen molar-refractivity contribution in [2.75, 3.05) is 19.9 Å². The Morgan fingerprint density at radius 3 is 2.95 bits per heavy atom. The van der Waals surface area contributed by atoms with Crippen LogP contribution in [0.3, 0.4) is 0 Å². The molecule has 5 nitrogen and oxygen atoms in total. The van der Waals surface area contributed by atoms with Gasteiger partial charge in [-0.25, -0.2) is 0 Å². The first kappa shape index (κ1) is 12.3. The highest BCUT2D eigenvalue weighted by molar-refractivity contribution is 5.94. The lowest BCUT2D eigenvalue weighted by atomic mass is 9.98. The van der Waals surface area contributed by atoms with Crippen LogP contribution in [-0.4, -0.2) is 30.7 Å². The van der Waals surface area contributed by atoms with Crippen molar-refractivity contribution in [2.45, 2.75) is 12.3 Å². The fourth-order valence-corrected chi connectivity index (χ4v) is 2.95. The second-order valence-electron chi connectivity index (χ2n) is 5.36. The van der Waals surface area contributed by atoms with Gasteiger partial charge in [0, 0.05) is 19.0 Å². The zero-order chi connectivity index (χ0) is 14.2. The number of nitrogens with zero attached hydrogens (tertiary/aromatic N) is 1. The molecule has 1 amide bonds. The van der Waals surface area contributed by atoms with Crippen LogP contribution in [0.15, 0.2) is 41.2 Å². The lowest BCUT2D eigenvalue weighted by molar-refractivity contribution is 0.0790. The third-order valence-electron chi connectivity index (χ3n) is 4.11. The summed E-state index contributed by atoms with van der Waals surface area (Å²) in [6, 6.07) is 7.73. The van der Waals surface area contributed by atoms with Crippen LogP contribution in [0.2, 0.25) is 0 Å². The van der Waals surface area contributed by atoms with E-state index in [2.05, 4.69) is 6.07 Å². The SMILES string of the molecule is O=C(c1ccoc1)N1CC[C@@H](c2ccc3c(c2)OCO3)C1. The molecule has 0 N–H and O–H groups in total. The van der Waals surface area contributed by atoms with Crippen LogP contribution in [0.5, 0.6) is 11.5 Å². The van der Waals surface area contributed by atoms with Crippen LogP contribution in [0, 0.1) is 0 Å². The first-order chi connectivity index (χ1) is 10.3. The van der Waals surface area contributed by atoms with Gasteiger partial charge >= 0.3 is 0 Å². The summed E-state index contributed by atoms with van der Waals surface area (Å²) in [5, 5.41) is 0. The summed E-state index contributed by atoms with van der Waals surface area (Å²) in [5.74, 6) is 1.97. The maximum absolute atomic E-state index is 12.3. The number of carbonyl (C=O) groups excluding carboxylic acids is 1. The van der Waals surface area contributed by atoms with Crippen LogP contribution in [0.1, 0.15) is 28.3 Å². The van der Waals surface area contributed by atoms with Gasteiger partial charge in [0.05, 0.1) is 11.8 Å². The number of benzene rings is 1. The number of fused-ring (bicyclic) bond motifs is 1. The van der Waals surface area contributed by atoms with Crippen molar-refractivity contribution in [2.24, 2.45) is 0 Å². The summed E-state index contributed by atoms with van der Waals surface area (Å²) < 4.78 is 15.7. The fraction of sp³-hybridized carbons (Fsp3) is 0.312. The molecule has 5 heteroatoms. The third-order valence-corrected chi connectivity index (χ3v) is 4.11. The Morgan fingerprint density at radius 2 is 2.10 bits per heavy atom. The molecule has 0 aliphatic carbocycles. The number of likely N-dealkylation sites (tertiary alicyclic amines) is 1. The Labute approximate surface area is 122 Å². The van der Waals surface area contributed by atoms with Crippen molar-refractivity contribution in [1.29, 1.82) is 0 Å². The standard InChI is InChI=1S/C16H15NO4/c18-16(13-4-6-19-9-13)17-5-3-12(8-17)11-1-2-14-15(7-11)21-10-20-14/h1-2,4,6-7,9,12H,3,5,8,10H2/t12-/m1/s1. The summed E-state index contributed by atoms with van der Waals surface area (Å²) in [6.45, 7) is 1.78. The molecular weight excluding hydrogens is 270 g/mol. The number of rotatable bonds is 2. The predicted octanol–water partition coefficient (Wildman–Crippen LogP) is 2.64. The van der Waals surface area contributed by atoms with E-state index in [4.69, 9.17) is 13.9 Å². The number of ether oxygens (including phenoxy) is 2. The van der Waals surface area contributed by atoms with Gasteiger partial charge in [0.2, 0.25) is 6.79 Å². The number of hydrogen-bond donors (Lipinski definition) is 0. The van der Waals surface area contributed by atoms with Crippen LogP contribution < -0.4 is 9.47 Å². The zero-order valence-corrected chi connectivity index (χ0v) is 11.5. The minimum Gasteiger partial charge on any atom is -0.472 e. The molecule has 2 aliphatic rings. The minimum atomic E-state index is 0.0343. The van der Waals surface area contributed by atoms with E-state index in [1.807, 2.05) is 17.0 Å².